The van der Waals surface area contributed by atoms with Crippen molar-refractivity contribution in [2.24, 2.45) is 0 Å². The fourth-order valence-electron chi connectivity index (χ4n) is 3.68. The van der Waals surface area contributed by atoms with E-state index in [0.29, 0.717) is 36.6 Å². The summed E-state index contributed by atoms with van der Waals surface area (Å²) in [5.74, 6) is -0.714. The molecule has 1 saturated heterocycles. The molecule has 0 saturated carbocycles. The van der Waals surface area contributed by atoms with E-state index >= 15 is 0 Å². The maximum atomic E-state index is 12.6. The van der Waals surface area contributed by atoms with Crippen LogP contribution in [0.2, 0.25) is 0 Å². The summed E-state index contributed by atoms with van der Waals surface area (Å²) in [6.07, 6.45) is 1.58. The molecule has 0 radical (unpaired) electrons. The van der Waals surface area contributed by atoms with Gasteiger partial charge in [-0.15, -0.1) is 11.3 Å². The van der Waals surface area contributed by atoms with Gasteiger partial charge in [0, 0.05) is 18.8 Å². The number of carbonyl (C=O) groups is 2. The third-order valence-electron chi connectivity index (χ3n) is 5.45. The number of hydrogen-bond donors (Lipinski definition) is 0. The Morgan fingerprint density at radius 1 is 1.28 bits per heavy atom. The Kier molecular flexibility index (Phi) is 7.68. The van der Waals surface area contributed by atoms with E-state index in [1.807, 2.05) is 32.0 Å². The van der Waals surface area contributed by atoms with Crippen molar-refractivity contribution < 1.29 is 22.7 Å². The van der Waals surface area contributed by atoms with Crippen molar-refractivity contribution >= 4 is 44.1 Å². The minimum absolute atomic E-state index is 0.0194. The van der Waals surface area contributed by atoms with Crippen molar-refractivity contribution in [2.45, 2.75) is 59.6 Å². The fourth-order valence-corrected chi connectivity index (χ4v) is 6.29. The molecule has 1 atom stereocenters. The number of thiazole rings is 1. The number of anilines is 2. The molecule has 32 heavy (non-hydrogen) atoms. The predicted molar refractivity (Wildman–Crippen MR) is 124 cm³/mol. The topological polar surface area (TPSA) is 96.9 Å². The van der Waals surface area contributed by atoms with Gasteiger partial charge in [-0.1, -0.05) is 13.0 Å². The molecule has 1 amide bonds. The van der Waals surface area contributed by atoms with Gasteiger partial charge in [0.1, 0.15) is 12.6 Å². The zero-order valence-electron chi connectivity index (χ0n) is 18.8. The van der Waals surface area contributed by atoms with Crippen LogP contribution >= 0.6 is 11.3 Å². The van der Waals surface area contributed by atoms with Crippen LogP contribution in [-0.2, 0) is 31.0 Å². The second-order valence-corrected chi connectivity index (χ2v) is 10.8. The van der Waals surface area contributed by atoms with E-state index in [1.54, 1.807) is 12.3 Å². The van der Waals surface area contributed by atoms with Crippen molar-refractivity contribution in [3.8, 4) is 0 Å². The lowest BCUT2D eigenvalue weighted by Gasteiger charge is -2.22. The van der Waals surface area contributed by atoms with Crippen molar-refractivity contribution in [3.05, 3.63) is 40.4 Å². The predicted octanol–water partition coefficient (Wildman–Crippen LogP) is 3.69. The Hall–Kier alpha value is -2.30. The molecule has 1 aromatic carbocycles. The van der Waals surface area contributed by atoms with Crippen molar-refractivity contribution in [2.75, 3.05) is 17.2 Å². The van der Waals surface area contributed by atoms with E-state index in [4.69, 9.17) is 4.74 Å². The zero-order valence-corrected chi connectivity index (χ0v) is 20.5. The lowest BCUT2D eigenvalue weighted by molar-refractivity contribution is -0.148. The highest BCUT2D eigenvalue weighted by Gasteiger charge is 2.39. The van der Waals surface area contributed by atoms with Crippen LogP contribution in [-0.4, -0.2) is 47.9 Å². The molecular weight excluding hydrogens is 450 g/mol. The summed E-state index contributed by atoms with van der Waals surface area (Å²) in [7, 11) is -3.47. The van der Waals surface area contributed by atoms with Gasteiger partial charge in [-0.25, -0.2) is 13.4 Å². The van der Waals surface area contributed by atoms with Gasteiger partial charge in [-0.3, -0.25) is 14.5 Å². The molecule has 10 heteroatoms. The van der Waals surface area contributed by atoms with Crippen molar-refractivity contribution in [1.82, 2.24) is 9.29 Å². The molecule has 0 spiro atoms. The normalized spacial score (nSPS) is 16.8. The number of rotatable bonds is 8. The minimum atomic E-state index is -3.47. The number of benzene rings is 1. The molecule has 0 N–H and O–H groups in total. The maximum Gasteiger partial charge on any atom is 0.324 e. The third kappa shape index (κ3) is 5.36. The molecule has 1 aliphatic heterocycles. The summed E-state index contributed by atoms with van der Waals surface area (Å²) >= 11 is 1.28. The monoisotopic (exact) mass is 479 g/mol. The summed E-state index contributed by atoms with van der Waals surface area (Å²) < 4.78 is 31.5. The van der Waals surface area contributed by atoms with Gasteiger partial charge < -0.3 is 4.74 Å². The summed E-state index contributed by atoms with van der Waals surface area (Å²) in [4.78, 5) is 30.9. The van der Waals surface area contributed by atoms with Gasteiger partial charge in [-0.2, -0.15) is 4.31 Å². The summed E-state index contributed by atoms with van der Waals surface area (Å²) in [5.41, 5.74) is 3.43. The first-order valence-electron chi connectivity index (χ1n) is 10.6. The van der Waals surface area contributed by atoms with E-state index in [9.17, 15) is 18.0 Å². The molecule has 2 heterocycles. The van der Waals surface area contributed by atoms with E-state index in [-0.39, 0.29) is 18.3 Å². The number of sulfonamides is 1. The van der Waals surface area contributed by atoms with Crippen LogP contribution in [0.5, 0.6) is 0 Å². The highest BCUT2D eigenvalue weighted by Crippen LogP contribution is 2.30. The van der Waals surface area contributed by atoms with Crippen LogP contribution < -0.4 is 4.90 Å². The molecule has 1 aromatic heterocycles. The number of hydrogen-bond acceptors (Lipinski definition) is 7. The van der Waals surface area contributed by atoms with Crippen LogP contribution in [0.3, 0.4) is 0 Å². The Morgan fingerprint density at radius 2 is 2.03 bits per heavy atom. The van der Waals surface area contributed by atoms with Crippen molar-refractivity contribution in [3.63, 3.8) is 0 Å². The second-order valence-electron chi connectivity index (χ2n) is 7.94. The van der Waals surface area contributed by atoms with Crippen LogP contribution in [0.1, 0.15) is 49.9 Å². The average Bonchev–Trinajstić information content (AvgIpc) is 3.39. The zero-order chi connectivity index (χ0) is 23.5. The number of aryl methyl sites for hydroxylation is 2. The van der Waals surface area contributed by atoms with Gasteiger partial charge >= 0.3 is 5.97 Å². The summed E-state index contributed by atoms with van der Waals surface area (Å²) in [5, 5.41) is 2.22. The average molecular weight is 480 g/mol. The minimum Gasteiger partial charge on any atom is -0.458 e. The summed E-state index contributed by atoms with van der Waals surface area (Å²) in [6, 6.07) is 4.98. The number of carbonyl (C=O) groups excluding carboxylic acids is 2. The fraction of sp³-hybridized carbons (Fsp3) is 0.500. The standard InChI is InChI=1S/C22H29N3O5S2/c1-5-11-32(28,29)24-10-6-7-20(24)21(27)30-13-18-14-31-22(23-18)25(17(4)26)19-9-8-15(2)16(3)12-19/h8-9,12,14,20H,5-7,10-11,13H2,1-4H3/t20-/m1/s1. The smallest absolute Gasteiger partial charge is 0.324 e. The molecule has 1 aliphatic rings. The number of aromatic nitrogens is 1. The first kappa shape index (κ1) is 24.3. The molecule has 0 aliphatic carbocycles. The van der Waals surface area contributed by atoms with Gasteiger partial charge in [0.2, 0.25) is 15.9 Å². The molecule has 2 aromatic rings. The lowest BCUT2D eigenvalue weighted by Crippen LogP contribution is -2.42. The first-order valence-corrected chi connectivity index (χ1v) is 13.1. The molecule has 8 nitrogen and oxygen atoms in total. The number of ether oxygens (including phenoxy) is 1. The first-order chi connectivity index (χ1) is 15.1. The maximum absolute atomic E-state index is 12.6. The van der Waals surface area contributed by atoms with Crippen LogP contribution in [0, 0.1) is 13.8 Å². The van der Waals surface area contributed by atoms with Crippen LogP contribution in [0.25, 0.3) is 0 Å². The SMILES string of the molecule is CCCS(=O)(=O)N1CCC[C@@H]1C(=O)OCc1csc(N(C(C)=O)c2ccc(C)c(C)c2)n1. The quantitative estimate of drug-likeness (QED) is 0.536. The van der Waals surface area contributed by atoms with E-state index in [1.165, 1.54) is 27.5 Å². The van der Waals surface area contributed by atoms with Crippen LogP contribution in [0.4, 0.5) is 10.8 Å². The molecule has 3 rings (SSSR count). The van der Waals surface area contributed by atoms with E-state index in [2.05, 4.69) is 4.98 Å². The molecule has 0 unspecified atom stereocenters. The lowest BCUT2D eigenvalue weighted by atomic mass is 10.1. The van der Waals surface area contributed by atoms with Gasteiger partial charge in [0.05, 0.1) is 17.1 Å². The highest BCUT2D eigenvalue weighted by molar-refractivity contribution is 7.89. The Morgan fingerprint density at radius 3 is 2.69 bits per heavy atom. The second kappa shape index (κ2) is 10.1. The number of nitrogens with zero attached hydrogens (tertiary/aromatic N) is 3. The van der Waals surface area contributed by atoms with Gasteiger partial charge in [0.15, 0.2) is 5.13 Å². The molecule has 1 fully saturated rings. The molecule has 0 bridgehead atoms. The van der Waals surface area contributed by atoms with E-state index in [0.717, 1.165) is 16.8 Å². The van der Waals surface area contributed by atoms with Gasteiger partial charge in [0.25, 0.3) is 0 Å². The number of amides is 1. The largest absolute Gasteiger partial charge is 0.458 e. The molecular formula is C22H29N3O5S2. The van der Waals surface area contributed by atoms with E-state index < -0.39 is 22.0 Å². The Bertz CT molecular complexity index is 1100. The highest BCUT2D eigenvalue weighted by atomic mass is 32.2. The van der Waals surface area contributed by atoms with Crippen LogP contribution in [0.15, 0.2) is 23.6 Å². The van der Waals surface area contributed by atoms with Crippen molar-refractivity contribution in [1.29, 1.82) is 0 Å². The Balaban J connectivity index is 1.70. The molecule has 174 valence electrons. The summed E-state index contributed by atoms with van der Waals surface area (Å²) in [6.45, 7) is 7.52. The number of esters is 1. The van der Waals surface area contributed by atoms with Gasteiger partial charge in [-0.05, 0) is 56.4 Å². The Labute approximate surface area is 193 Å². The third-order valence-corrected chi connectivity index (χ3v) is 8.40.